The van der Waals surface area contributed by atoms with Crippen molar-refractivity contribution in [2.45, 2.75) is 45.3 Å². The van der Waals surface area contributed by atoms with Crippen LogP contribution in [-0.4, -0.2) is 29.1 Å². The van der Waals surface area contributed by atoms with Crippen molar-refractivity contribution < 1.29 is 0 Å². The number of hydrogen-bond donors (Lipinski definition) is 1. The molecule has 0 aliphatic carbocycles. The Kier molecular flexibility index (Phi) is 3.12. The van der Waals surface area contributed by atoms with E-state index in [1.807, 2.05) is 11.3 Å². The first-order valence-electron chi connectivity index (χ1n) is 5.92. The summed E-state index contributed by atoms with van der Waals surface area (Å²) in [5, 5.41) is 5.78. The molecule has 0 unspecified atom stereocenters. The second-order valence-corrected chi connectivity index (χ2v) is 7.02. The molecule has 0 amide bonds. The molecule has 1 aromatic heterocycles. The van der Waals surface area contributed by atoms with Crippen molar-refractivity contribution in [3.8, 4) is 0 Å². The summed E-state index contributed by atoms with van der Waals surface area (Å²) in [7, 11) is 0. The van der Waals surface area contributed by atoms with Crippen molar-refractivity contribution in [3.63, 3.8) is 0 Å². The van der Waals surface area contributed by atoms with Gasteiger partial charge in [0.2, 0.25) is 0 Å². The van der Waals surface area contributed by atoms with Crippen LogP contribution in [0.5, 0.6) is 0 Å². The monoisotopic (exact) mass is 238 g/mol. The summed E-state index contributed by atoms with van der Waals surface area (Å²) in [4.78, 5) is 4.06. The second-order valence-electron chi connectivity index (χ2n) is 5.99. The van der Waals surface area contributed by atoms with Crippen molar-refractivity contribution in [2.75, 3.05) is 13.1 Å². The molecule has 1 saturated heterocycles. The Morgan fingerprint density at radius 3 is 2.75 bits per heavy atom. The lowest BCUT2D eigenvalue weighted by Crippen LogP contribution is -2.65. The molecule has 0 aromatic carbocycles. The molecule has 1 aromatic rings. The number of nitrogens with zero attached hydrogens (tertiary/aromatic N) is 1. The van der Waals surface area contributed by atoms with E-state index in [2.05, 4.69) is 55.4 Å². The first-order valence-corrected chi connectivity index (χ1v) is 6.80. The van der Waals surface area contributed by atoms with E-state index in [1.165, 1.54) is 4.88 Å². The predicted molar refractivity (Wildman–Crippen MR) is 70.9 cm³/mol. The van der Waals surface area contributed by atoms with Gasteiger partial charge in [0.15, 0.2) is 0 Å². The van der Waals surface area contributed by atoms with Gasteiger partial charge >= 0.3 is 0 Å². The molecule has 1 N–H and O–H groups in total. The van der Waals surface area contributed by atoms with E-state index in [0.717, 1.165) is 19.6 Å². The fourth-order valence-corrected chi connectivity index (χ4v) is 2.89. The van der Waals surface area contributed by atoms with Gasteiger partial charge in [-0.25, -0.2) is 0 Å². The molecule has 16 heavy (non-hydrogen) atoms. The van der Waals surface area contributed by atoms with Crippen LogP contribution in [0.15, 0.2) is 17.5 Å². The van der Waals surface area contributed by atoms with Gasteiger partial charge in [-0.1, -0.05) is 6.07 Å². The summed E-state index contributed by atoms with van der Waals surface area (Å²) >= 11 is 1.86. The Bertz CT molecular complexity index is 341. The van der Waals surface area contributed by atoms with Crippen LogP contribution in [0.1, 0.15) is 32.6 Å². The average Bonchev–Trinajstić information content (AvgIpc) is 2.65. The first-order chi connectivity index (χ1) is 7.39. The molecular weight excluding hydrogens is 216 g/mol. The lowest BCUT2D eigenvalue weighted by molar-refractivity contribution is 0.0332. The number of thiophene rings is 1. The van der Waals surface area contributed by atoms with Crippen LogP contribution in [0.3, 0.4) is 0 Å². The fraction of sp³-hybridized carbons (Fsp3) is 0.692. The van der Waals surface area contributed by atoms with Crippen molar-refractivity contribution in [1.29, 1.82) is 0 Å². The maximum atomic E-state index is 3.62. The van der Waals surface area contributed by atoms with E-state index in [0.29, 0.717) is 0 Å². The molecule has 1 aliphatic rings. The minimum atomic E-state index is 0.229. The van der Waals surface area contributed by atoms with E-state index in [-0.39, 0.29) is 11.1 Å². The van der Waals surface area contributed by atoms with E-state index < -0.39 is 0 Å². The van der Waals surface area contributed by atoms with Crippen LogP contribution >= 0.6 is 11.3 Å². The molecule has 2 heterocycles. The summed E-state index contributed by atoms with van der Waals surface area (Å²) in [6.45, 7) is 12.5. The minimum Gasteiger partial charge on any atom is -0.309 e. The zero-order valence-electron chi connectivity index (χ0n) is 10.7. The van der Waals surface area contributed by atoms with Crippen molar-refractivity contribution in [1.82, 2.24) is 10.2 Å². The Labute approximate surface area is 103 Å². The standard InChI is InChI=1S/C13H22N2S/c1-12(2)10-15(13(3,4)9-14-12)8-11-6-5-7-16-11/h5-7,14H,8-10H2,1-4H3. The molecule has 0 atom stereocenters. The van der Waals surface area contributed by atoms with Gasteiger partial charge in [-0.15, -0.1) is 11.3 Å². The first kappa shape index (κ1) is 12.1. The molecule has 0 radical (unpaired) electrons. The molecule has 1 fully saturated rings. The zero-order chi connectivity index (χ0) is 11.8. The van der Waals surface area contributed by atoms with Crippen LogP contribution < -0.4 is 5.32 Å². The Morgan fingerprint density at radius 2 is 2.12 bits per heavy atom. The van der Waals surface area contributed by atoms with Crippen LogP contribution in [0.2, 0.25) is 0 Å². The number of hydrogen-bond acceptors (Lipinski definition) is 3. The van der Waals surface area contributed by atoms with E-state index >= 15 is 0 Å². The number of piperazine rings is 1. The molecule has 90 valence electrons. The topological polar surface area (TPSA) is 15.3 Å². The SMILES string of the molecule is CC1(C)CN(Cc2cccs2)C(C)(C)CN1. The molecule has 3 heteroatoms. The summed E-state index contributed by atoms with van der Waals surface area (Å²) in [6.07, 6.45) is 0. The maximum Gasteiger partial charge on any atom is 0.0334 e. The molecule has 0 saturated carbocycles. The van der Waals surface area contributed by atoms with Gasteiger partial charge in [-0.3, -0.25) is 4.90 Å². The van der Waals surface area contributed by atoms with E-state index in [1.54, 1.807) is 0 Å². The number of rotatable bonds is 2. The van der Waals surface area contributed by atoms with Gasteiger partial charge in [0.1, 0.15) is 0 Å². The highest BCUT2D eigenvalue weighted by Gasteiger charge is 2.37. The second kappa shape index (κ2) is 4.13. The predicted octanol–water partition coefficient (Wildman–Crippen LogP) is 2.71. The van der Waals surface area contributed by atoms with Crippen molar-refractivity contribution in [2.24, 2.45) is 0 Å². The van der Waals surface area contributed by atoms with Crippen LogP contribution in [0, 0.1) is 0 Å². The third-order valence-electron chi connectivity index (χ3n) is 3.37. The van der Waals surface area contributed by atoms with Gasteiger partial charge in [0.05, 0.1) is 0 Å². The normalized spacial score (nSPS) is 24.5. The average molecular weight is 238 g/mol. The highest BCUT2D eigenvalue weighted by atomic mass is 32.1. The van der Waals surface area contributed by atoms with Gasteiger partial charge in [0.25, 0.3) is 0 Å². The van der Waals surface area contributed by atoms with Gasteiger partial charge < -0.3 is 5.32 Å². The third kappa shape index (κ3) is 2.65. The summed E-state index contributed by atoms with van der Waals surface area (Å²) in [5.74, 6) is 0. The van der Waals surface area contributed by atoms with Crippen molar-refractivity contribution >= 4 is 11.3 Å². The smallest absolute Gasteiger partial charge is 0.0334 e. The van der Waals surface area contributed by atoms with Gasteiger partial charge in [-0.2, -0.15) is 0 Å². The van der Waals surface area contributed by atoms with Crippen LogP contribution in [0.4, 0.5) is 0 Å². The molecular formula is C13H22N2S. The molecule has 2 nitrogen and oxygen atoms in total. The lowest BCUT2D eigenvalue weighted by Gasteiger charge is -2.49. The maximum absolute atomic E-state index is 3.62. The lowest BCUT2D eigenvalue weighted by atomic mass is 9.91. The zero-order valence-corrected chi connectivity index (χ0v) is 11.5. The quantitative estimate of drug-likeness (QED) is 0.852. The van der Waals surface area contributed by atoms with Crippen LogP contribution in [0.25, 0.3) is 0 Å². The third-order valence-corrected chi connectivity index (χ3v) is 4.23. The Balaban J connectivity index is 2.10. The molecule has 2 rings (SSSR count). The Hall–Kier alpha value is -0.380. The molecule has 0 bridgehead atoms. The number of nitrogens with one attached hydrogen (secondary N) is 1. The highest BCUT2D eigenvalue weighted by Crippen LogP contribution is 2.26. The summed E-state index contributed by atoms with van der Waals surface area (Å²) < 4.78 is 0. The molecule has 0 spiro atoms. The van der Waals surface area contributed by atoms with E-state index in [4.69, 9.17) is 0 Å². The van der Waals surface area contributed by atoms with Gasteiger partial charge in [-0.05, 0) is 39.1 Å². The largest absolute Gasteiger partial charge is 0.309 e. The Morgan fingerprint density at radius 1 is 1.38 bits per heavy atom. The fourth-order valence-electron chi connectivity index (χ4n) is 2.18. The van der Waals surface area contributed by atoms with Gasteiger partial charge in [0, 0.05) is 35.6 Å². The van der Waals surface area contributed by atoms with Crippen molar-refractivity contribution in [3.05, 3.63) is 22.4 Å². The highest BCUT2D eigenvalue weighted by molar-refractivity contribution is 7.09. The van der Waals surface area contributed by atoms with Crippen LogP contribution in [-0.2, 0) is 6.54 Å². The minimum absolute atomic E-state index is 0.229. The van der Waals surface area contributed by atoms with E-state index in [9.17, 15) is 0 Å². The molecule has 1 aliphatic heterocycles. The summed E-state index contributed by atoms with van der Waals surface area (Å²) in [5.41, 5.74) is 0.478. The summed E-state index contributed by atoms with van der Waals surface area (Å²) in [6, 6.07) is 4.37.